The Morgan fingerprint density at radius 2 is 1.26 bits per heavy atom. The first kappa shape index (κ1) is 27.6. The maximum Gasteiger partial charge on any atom is 0.426 e. The van der Waals surface area contributed by atoms with E-state index in [-0.39, 0.29) is 16.7 Å². The molecule has 39 heavy (non-hydrogen) atoms. The van der Waals surface area contributed by atoms with Crippen LogP contribution >= 0.6 is 0 Å². The van der Waals surface area contributed by atoms with E-state index in [1.807, 2.05) is 0 Å². The van der Waals surface area contributed by atoms with Crippen molar-refractivity contribution in [2.24, 2.45) is 0 Å². The van der Waals surface area contributed by atoms with E-state index in [1.54, 1.807) is 6.92 Å². The van der Waals surface area contributed by atoms with Gasteiger partial charge in [-0.05, 0) is 66.1 Å². The lowest BCUT2D eigenvalue weighted by molar-refractivity contribution is -0.185. The highest BCUT2D eigenvalue weighted by molar-refractivity contribution is 5.69. The third-order valence-electron chi connectivity index (χ3n) is 5.70. The maximum absolute atomic E-state index is 14.8. The molecule has 0 bridgehead atoms. The van der Waals surface area contributed by atoms with Crippen LogP contribution in [0.4, 0.5) is 35.1 Å². The molecule has 0 heterocycles. The minimum Gasteiger partial charge on any atom is -0.429 e. The molecule has 0 aliphatic heterocycles. The van der Waals surface area contributed by atoms with Crippen molar-refractivity contribution < 1.29 is 39.9 Å². The molecule has 0 saturated heterocycles. The van der Waals surface area contributed by atoms with Gasteiger partial charge in [-0.15, -0.1) is 0 Å². The Kier molecular flexibility index (Phi) is 7.90. The molecule has 0 atom stereocenters. The van der Waals surface area contributed by atoms with Crippen LogP contribution in [0.3, 0.4) is 0 Å². The van der Waals surface area contributed by atoms with Crippen LogP contribution in [-0.2, 0) is 6.11 Å². The van der Waals surface area contributed by atoms with E-state index in [2.05, 4.69) is 4.74 Å². The summed E-state index contributed by atoms with van der Waals surface area (Å²) in [6.07, 6.45) is -1.54. The third-order valence-corrected chi connectivity index (χ3v) is 5.70. The van der Waals surface area contributed by atoms with Crippen LogP contribution in [-0.4, -0.2) is 0 Å². The first-order valence-corrected chi connectivity index (χ1v) is 11.4. The average Bonchev–Trinajstić information content (AvgIpc) is 2.91. The summed E-state index contributed by atoms with van der Waals surface area (Å²) < 4.78 is 117. The predicted molar refractivity (Wildman–Crippen MR) is 132 cm³/mol. The Balaban J connectivity index is 1.51. The molecular formula is C30H18F8O. The lowest BCUT2D eigenvalue weighted by Gasteiger charge is -2.19. The highest BCUT2D eigenvalue weighted by Crippen LogP contribution is 2.35. The molecule has 4 rings (SSSR count). The molecule has 0 N–H and O–H groups in total. The number of hydrogen-bond donors (Lipinski definition) is 0. The van der Waals surface area contributed by atoms with Crippen molar-refractivity contribution in [2.75, 3.05) is 0 Å². The smallest absolute Gasteiger partial charge is 0.426 e. The van der Waals surface area contributed by atoms with E-state index in [0.717, 1.165) is 30.3 Å². The Bertz CT molecular complexity index is 1530. The van der Waals surface area contributed by atoms with Crippen molar-refractivity contribution in [3.05, 3.63) is 131 Å². The van der Waals surface area contributed by atoms with Crippen molar-refractivity contribution in [1.82, 2.24) is 0 Å². The molecule has 0 aliphatic rings. The summed E-state index contributed by atoms with van der Waals surface area (Å²) in [4.78, 5) is 0. The van der Waals surface area contributed by atoms with Gasteiger partial charge < -0.3 is 4.74 Å². The quantitative estimate of drug-likeness (QED) is 0.127. The fraction of sp³-hybridized carbons (Fsp3) is 0.0667. The molecule has 0 saturated carbocycles. The second-order valence-electron chi connectivity index (χ2n) is 8.33. The number of alkyl halides is 2. The van der Waals surface area contributed by atoms with Gasteiger partial charge in [-0.1, -0.05) is 42.5 Å². The number of halogens is 8. The maximum atomic E-state index is 14.8. The van der Waals surface area contributed by atoms with Crippen LogP contribution in [0.1, 0.15) is 18.1 Å². The fourth-order valence-corrected chi connectivity index (χ4v) is 3.73. The van der Waals surface area contributed by atoms with Gasteiger partial charge in [0.15, 0.2) is 29.1 Å². The van der Waals surface area contributed by atoms with Crippen molar-refractivity contribution in [3.63, 3.8) is 0 Å². The fourth-order valence-electron chi connectivity index (χ4n) is 3.73. The average molecular weight is 546 g/mol. The Morgan fingerprint density at radius 3 is 1.79 bits per heavy atom. The monoisotopic (exact) mass is 546 g/mol. The number of allylic oxidation sites excluding steroid dienone is 3. The summed E-state index contributed by atoms with van der Waals surface area (Å²) in [5.74, 6) is -8.52. The van der Waals surface area contributed by atoms with Gasteiger partial charge in [-0.2, -0.15) is 8.78 Å². The summed E-state index contributed by atoms with van der Waals surface area (Å²) >= 11 is 0. The van der Waals surface area contributed by atoms with Crippen molar-refractivity contribution in [2.45, 2.75) is 13.0 Å². The second kappa shape index (κ2) is 11.1. The standard InChI is InChI=1S/C30H18F8O/c1-2-3-24(31)28(35)19-6-4-17(5-7-19)18-8-10-21(11-9-18)30(37,38)39-22-12-13-23(25(32)16-22)20-14-26(33)29(36)27(34)15-20/h2-16H,1H3/b3-2+,28-24+. The topological polar surface area (TPSA) is 9.23 Å². The minimum atomic E-state index is -3.89. The van der Waals surface area contributed by atoms with Gasteiger partial charge in [0.25, 0.3) is 0 Å². The number of ether oxygens (including phenoxy) is 1. The molecule has 200 valence electrons. The Hall–Kier alpha value is -4.40. The number of hydrogen-bond acceptors (Lipinski definition) is 1. The predicted octanol–water partition coefficient (Wildman–Crippen LogP) is 9.89. The molecule has 4 aromatic carbocycles. The molecule has 9 heteroatoms. The summed E-state index contributed by atoms with van der Waals surface area (Å²) in [7, 11) is 0. The summed E-state index contributed by atoms with van der Waals surface area (Å²) in [6.45, 7) is 1.55. The van der Waals surface area contributed by atoms with E-state index < -0.39 is 52.3 Å². The van der Waals surface area contributed by atoms with Crippen LogP contribution in [0.25, 0.3) is 28.1 Å². The van der Waals surface area contributed by atoms with Crippen LogP contribution in [0.5, 0.6) is 5.75 Å². The zero-order valence-corrected chi connectivity index (χ0v) is 20.1. The summed E-state index contributed by atoms with van der Waals surface area (Å²) in [5, 5.41) is 0. The molecule has 0 amide bonds. The van der Waals surface area contributed by atoms with E-state index in [1.165, 1.54) is 42.5 Å². The first-order valence-electron chi connectivity index (χ1n) is 11.4. The van der Waals surface area contributed by atoms with E-state index in [0.29, 0.717) is 29.3 Å². The Labute approximate surface area is 218 Å². The van der Waals surface area contributed by atoms with Gasteiger partial charge in [0.05, 0.1) is 5.56 Å². The van der Waals surface area contributed by atoms with Gasteiger partial charge >= 0.3 is 6.11 Å². The lowest BCUT2D eigenvalue weighted by Crippen LogP contribution is -2.21. The van der Waals surface area contributed by atoms with E-state index in [4.69, 9.17) is 0 Å². The van der Waals surface area contributed by atoms with Crippen molar-refractivity contribution in [1.29, 1.82) is 0 Å². The van der Waals surface area contributed by atoms with Gasteiger partial charge in [0, 0.05) is 17.2 Å². The van der Waals surface area contributed by atoms with Crippen LogP contribution in [0, 0.1) is 23.3 Å². The van der Waals surface area contributed by atoms with Gasteiger partial charge in [-0.25, -0.2) is 26.3 Å². The number of benzene rings is 4. The molecule has 0 aromatic heterocycles. The van der Waals surface area contributed by atoms with Gasteiger partial charge in [0.2, 0.25) is 0 Å². The molecule has 0 fully saturated rings. The summed E-state index contributed by atoms with van der Waals surface area (Å²) in [6, 6.07) is 14.4. The lowest BCUT2D eigenvalue weighted by atomic mass is 10.0. The molecular weight excluding hydrogens is 528 g/mol. The molecule has 0 unspecified atom stereocenters. The molecule has 4 aromatic rings. The molecule has 0 spiro atoms. The molecule has 1 nitrogen and oxygen atoms in total. The molecule has 0 aliphatic carbocycles. The normalized spacial score (nSPS) is 12.5. The van der Waals surface area contributed by atoms with Crippen LogP contribution < -0.4 is 4.74 Å². The van der Waals surface area contributed by atoms with Crippen molar-refractivity contribution in [3.8, 4) is 28.0 Å². The first-order chi connectivity index (χ1) is 18.5. The Morgan fingerprint density at radius 1 is 0.692 bits per heavy atom. The number of rotatable bonds is 7. The van der Waals surface area contributed by atoms with E-state index in [9.17, 15) is 35.1 Å². The second-order valence-corrected chi connectivity index (χ2v) is 8.33. The zero-order chi connectivity index (χ0) is 28.3. The van der Waals surface area contributed by atoms with E-state index >= 15 is 0 Å². The highest BCUT2D eigenvalue weighted by atomic mass is 19.3. The van der Waals surface area contributed by atoms with Crippen LogP contribution in [0.15, 0.2) is 96.8 Å². The highest BCUT2D eigenvalue weighted by Gasteiger charge is 2.34. The minimum absolute atomic E-state index is 0.0128. The van der Waals surface area contributed by atoms with Gasteiger partial charge in [-0.3, -0.25) is 0 Å². The van der Waals surface area contributed by atoms with Crippen molar-refractivity contribution >= 4 is 5.83 Å². The third kappa shape index (κ3) is 6.03. The van der Waals surface area contributed by atoms with Crippen LogP contribution in [0.2, 0.25) is 0 Å². The zero-order valence-electron chi connectivity index (χ0n) is 20.1. The van der Waals surface area contributed by atoms with Gasteiger partial charge in [0.1, 0.15) is 11.6 Å². The summed E-state index contributed by atoms with van der Waals surface area (Å²) in [5.41, 5.74) is -0.156. The SMILES string of the molecule is C/C=C/C(F)=C(\F)c1ccc(-c2ccc(C(F)(F)Oc3ccc(-c4cc(F)c(F)c(F)c4)c(F)c3)cc2)cc1. The largest absolute Gasteiger partial charge is 0.429 e. The molecule has 0 radical (unpaired) electrons.